The molecule has 0 fully saturated rings. The number of rotatable bonds is 2. The summed E-state index contributed by atoms with van der Waals surface area (Å²) < 4.78 is 63.7. The fourth-order valence-corrected chi connectivity index (χ4v) is 3.07. The molecule has 9 heteroatoms. The van der Waals surface area contributed by atoms with Crippen molar-refractivity contribution in [2.24, 2.45) is 5.73 Å². The lowest BCUT2D eigenvalue weighted by Crippen LogP contribution is -2.26. The maximum Gasteiger partial charge on any atom is 0.436 e. The summed E-state index contributed by atoms with van der Waals surface area (Å²) >= 11 is 0. The molecular formula is C18H10F4N2O3. The molecule has 1 aromatic heterocycles. The first kappa shape index (κ1) is 17.1. The number of fused-ring (bicyclic) bond motifs is 2. The highest BCUT2D eigenvalue weighted by Gasteiger charge is 2.39. The molecular weight excluding hydrogens is 368 g/mol. The topological polar surface area (TPSA) is 78.4 Å². The molecule has 0 saturated carbocycles. The molecule has 4 rings (SSSR count). The SMILES string of the molecule is NC(=O)C1c2ccccc2Oc2ccc(F)c(-c3nc(C(F)(F)F)co3)c21. The maximum absolute atomic E-state index is 14.6. The van der Waals surface area contributed by atoms with Gasteiger partial charge in [0, 0.05) is 11.1 Å². The van der Waals surface area contributed by atoms with Gasteiger partial charge in [-0.15, -0.1) is 0 Å². The summed E-state index contributed by atoms with van der Waals surface area (Å²) in [5.74, 6) is -3.07. The summed E-state index contributed by atoms with van der Waals surface area (Å²) in [4.78, 5) is 15.5. The lowest BCUT2D eigenvalue weighted by molar-refractivity contribution is -0.141. The molecule has 1 amide bonds. The van der Waals surface area contributed by atoms with Crippen LogP contribution >= 0.6 is 0 Å². The number of benzene rings is 2. The Kier molecular flexibility index (Phi) is 3.69. The first-order valence-electron chi connectivity index (χ1n) is 7.69. The average Bonchev–Trinajstić information content (AvgIpc) is 3.09. The number of oxazole rings is 1. The first-order valence-corrected chi connectivity index (χ1v) is 7.69. The molecule has 5 nitrogen and oxygen atoms in total. The molecule has 1 unspecified atom stereocenters. The van der Waals surface area contributed by atoms with E-state index in [1.807, 2.05) is 0 Å². The highest BCUT2D eigenvalue weighted by molar-refractivity contribution is 5.91. The number of carbonyl (C=O) groups is 1. The van der Waals surface area contributed by atoms with Crippen LogP contribution in [0, 0.1) is 5.82 Å². The predicted molar refractivity (Wildman–Crippen MR) is 84.5 cm³/mol. The second-order valence-corrected chi connectivity index (χ2v) is 5.85. The summed E-state index contributed by atoms with van der Waals surface area (Å²) in [6, 6.07) is 8.75. The number of carbonyl (C=O) groups excluding carboxylic acids is 1. The van der Waals surface area contributed by atoms with Crippen molar-refractivity contribution in [3.63, 3.8) is 0 Å². The molecule has 0 bridgehead atoms. The minimum atomic E-state index is -4.76. The maximum atomic E-state index is 14.6. The minimum absolute atomic E-state index is 0.0308. The first-order chi connectivity index (χ1) is 12.8. The van der Waals surface area contributed by atoms with E-state index in [0.717, 1.165) is 6.07 Å². The van der Waals surface area contributed by atoms with Crippen LogP contribution in [-0.4, -0.2) is 10.9 Å². The van der Waals surface area contributed by atoms with Gasteiger partial charge in [0.15, 0.2) is 5.69 Å². The summed E-state index contributed by atoms with van der Waals surface area (Å²) in [6.07, 6.45) is -4.38. The number of primary amides is 1. The molecule has 0 radical (unpaired) electrons. The number of para-hydroxylation sites is 1. The molecule has 2 N–H and O–H groups in total. The Morgan fingerprint density at radius 2 is 1.85 bits per heavy atom. The van der Waals surface area contributed by atoms with Gasteiger partial charge in [0.25, 0.3) is 0 Å². The number of amides is 1. The van der Waals surface area contributed by atoms with Crippen LogP contribution in [0.15, 0.2) is 47.1 Å². The van der Waals surface area contributed by atoms with E-state index in [0.29, 0.717) is 17.6 Å². The average molecular weight is 378 g/mol. The van der Waals surface area contributed by atoms with E-state index in [4.69, 9.17) is 14.9 Å². The Hall–Kier alpha value is -3.36. The molecule has 0 saturated heterocycles. The van der Waals surface area contributed by atoms with Crippen molar-refractivity contribution in [3.8, 4) is 23.0 Å². The minimum Gasteiger partial charge on any atom is -0.457 e. The van der Waals surface area contributed by atoms with Gasteiger partial charge in [-0.3, -0.25) is 4.79 Å². The molecule has 0 aliphatic carbocycles. The van der Waals surface area contributed by atoms with Gasteiger partial charge < -0.3 is 14.9 Å². The largest absolute Gasteiger partial charge is 0.457 e. The summed E-state index contributed by atoms with van der Waals surface area (Å²) in [7, 11) is 0. The van der Waals surface area contributed by atoms with E-state index >= 15 is 0 Å². The molecule has 0 spiro atoms. The summed E-state index contributed by atoms with van der Waals surface area (Å²) in [6.45, 7) is 0. The second-order valence-electron chi connectivity index (χ2n) is 5.85. The number of ether oxygens (including phenoxy) is 1. The standard InChI is InChI=1S/C18H10F4N2O3/c19-9-5-6-11-15(14(9)17-24-12(7-26-17)18(20,21)22)13(16(23)25)8-3-1-2-4-10(8)27-11/h1-7,13H,(H2,23,25). The number of hydrogen-bond acceptors (Lipinski definition) is 4. The van der Waals surface area contributed by atoms with Gasteiger partial charge in [-0.1, -0.05) is 18.2 Å². The molecule has 1 aliphatic rings. The van der Waals surface area contributed by atoms with Gasteiger partial charge >= 0.3 is 6.18 Å². The highest BCUT2D eigenvalue weighted by atomic mass is 19.4. The van der Waals surface area contributed by atoms with Gasteiger partial charge in [0.1, 0.15) is 23.6 Å². The fraction of sp³-hybridized carbons (Fsp3) is 0.111. The smallest absolute Gasteiger partial charge is 0.436 e. The van der Waals surface area contributed by atoms with Crippen LogP contribution in [0.25, 0.3) is 11.5 Å². The Balaban J connectivity index is 1.97. The van der Waals surface area contributed by atoms with E-state index in [2.05, 4.69) is 4.98 Å². The van der Waals surface area contributed by atoms with E-state index < -0.39 is 41.0 Å². The van der Waals surface area contributed by atoms with Crippen LogP contribution in [-0.2, 0) is 11.0 Å². The van der Waals surface area contributed by atoms with Crippen LogP contribution in [0.4, 0.5) is 17.6 Å². The van der Waals surface area contributed by atoms with Gasteiger partial charge in [-0.2, -0.15) is 13.2 Å². The number of nitrogens with two attached hydrogens (primary N) is 1. The number of halogens is 4. The Morgan fingerprint density at radius 3 is 2.52 bits per heavy atom. The number of aromatic nitrogens is 1. The van der Waals surface area contributed by atoms with E-state index in [1.54, 1.807) is 24.3 Å². The summed E-state index contributed by atoms with van der Waals surface area (Å²) in [5, 5.41) is 0. The van der Waals surface area contributed by atoms with E-state index in [1.165, 1.54) is 6.07 Å². The van der Waals surface area contributed by atoms with Crippen molar-refractivity contribution < 1.29 is 31.5 Å². The van der Waals surface area contributed by atoms with Crippen LogP contribution in [0.3, 0.4) is 0 Å². The third-order valence-electron chi connectivity index (χ3n) is 4.19. The van der Waals surface area contributed by atoms with Crippen molar-refractivity contribution in [1.29, 1.82) is 0 Å². The second kappa shape index (κ2) is 5.83. The van der Waals surface area contributed by atoms with Gasteiger partial charge in [-0.05, 0) is 18.2 Å². The quantitative estimate of drug-likeness (QED) is 0.677. The number of nitrogens with zero attached hydrogens (tertiary/aromatic N) is 1. The third-order valence-corrected chi connectivity index (χ3v) is 4.19. The van der Waals surface area contributed by atoms with Gasteiger partial charge in [0.2, 0.25) is 11.8 Å². The lowest BCUT2D eigenvalue weighted by atomic mass is 9.84. The van der Waals surface area contributed by atoms with Gasteiger partial charge in [-0.25, -0.2) is 9.37 Å². The Bertz CT molecular complexity index is 1060. The van der Waals surface area contributed by atoms with Crippen molar-refractivity contribution in [3.05, 3.63) is 65.3 Å². The van der Waals surface area contributed by atoms with E-state index in [-0.39, 0.29) is 11.3 Å². The molecule has 1 aliphatic heterocycles. The van der Waals surface area contributed by atoms with Crippen LogP contribution in [0.1, 0.15) is 22.7 Å². The van der Waals surface area contributed by atoms with Crippen molar-refractivity contribution in [1.82, 2.24) is 4.98 Å². The molecule has 3 aromatic rings. The number of hydrogen-bond donors (Lipinski definition) is 1. The predicted octanol–water partition coefficient (Wildman–Crippen LogP) is 4.22. The normalized spacial score (nSPS) is 15.6. The Morgan fingerprint density at radius 1 is 1.11 bits per heavy atom. The van der Waals surface area contributed by atoms with Crippen molar-refractivity contribution in [2.75, 3.05) is 0 Å². The van der Waals surface area contributed by atoms with Gasteiger partial charge in [0.05, 0.1) is 11.5 Å². The lowest BCUT2D eigenvalue weighted by Gasteiger charge is -2.27. The van der Waals surface area contributed by atoms with Crippen LogP contribution in [0.5, 0.6) is 11.5 Å². The molecule has 27 heavy (non-hydrogen) atoms. The molecule has 1 atom stereocenters. The summed E-state index contributed by atoms with van der Waals surface area (Å²) in [5.41, 5.74) is 4.14. The number of alkyl halides is 3. The molecule has 2 heterocycles. The van der Waals surface area contributed by atoms with Crippen LogP contribution < -0.4 is 10.5 Å². The highest BCUT2D eigenvalue weighted by Crippen LogP contribution is 2.48. The van der Waals surface area contributed by atoms with Crippen molar-refractivity contribution in [2.45, 2.75) is 12.1 Å². The monoisotopic (exact) mass is 378 g/mol. The zero-order valence-corrected chi connectivity index (χ0v) is 13.4. The third kappa shape index (κ3) is 2.71. The van der Waals surface area contributed by atoms with Crippen LogP contribution in [0.2, 0.25) is 0 Å². The van der Waals surface area contributed by atoms with E-state index in [9.17, 15) is 22.4 Å². The molecule has 2 aromatic carbocycles. The fourth-order valence-electron chi connectivity index (χ4n) is 3.07. The van der Waals surface area contributed by atoms with Crippen molar-refractivity contribution >= 4 is 5.91 Å². The zero-order valence-electron chi connectivity index (χ0n) is 13.4. The Labute approximate surface area is 149 Å². The zero-order chi connectivity index (χ0) is 19.3. The molecule has 138 valence electrons.